The number of likely N-dealkylation sites (tertiary alicyclic amines) is 1. The Labute approximate surface area is 154 Å². The number of hydrogen-bond donors (Lipinski definition) is 0. The lowest BCUT2D eigenvalue weighted by atomic mass is 10.0. The second-order valence-electron chi connectivity index (χ2n) is 6.94. The molecule has 1 aliphatic rings. The van der Waals surface area contributed by atoms with Gasteiger partial charge in [0.15, 0.2) is 0 Å². The van der Waals surface area contributed by atoms with Gasteiger partial charge in [0.25, 0.3) is 0 Å². The largest absolute Gasteiger partial charge is 0.472 e. The maximum Gasteiger partial charge on any atom is 0.227 e. The van der Waals surface area contributed by atoms with Gasteiger partial charge in [-0.05, 0) is 23.1 Å². The van der Waals surface area contributed by atoms with Gasteiger partial charge < -0.3 is 9.64 Å². The summed E-state index contributed by atoms with van der Waals surface area (Å²) >= 11 is 0. The van der Waals surface area contributed by atoms with E-state index in [1.165, 1.54) is 5.56 Å². The highest BCUT2D eigenvalue weighted by atomic mass is 16.5. The first-order valence-electron chi connectivity index (χ1n) is 8.94. The molecule has 0 radical (unpaired) electrons. The van der Waals surface area contributed by atoms with Gasteiger partial charge in [0.1, 0.15) is 6.10 Å². The number of carbonyl (C=O) groups is 1. The maximum absolute atomic E-state index is 12.5. The number of hydrogen-bond acceptors (Lipinski definition) is 4. The zero-order valence-corrected chi connectivity index (χ0v) is 15.2. The van der Waals surface area contributed by atoms with Crippen LogP contribution in [0.25, 0.3) is 0 Å². The Morgan fingerprint density at radius 3 is 2.81 bits per heavy atom. The van der Waals surface area contributed by atoms with Gasteiger partial charge in [0.05, 0.1) is 24.6 Å². The van der Waals surface area contributed by atoms with E-state index in [1.54, 1.807) is 18.3 Å². The first kappa shape index (κ1) is 17.9. The SMILES string of the molecule is CC(C)c1ccc(CC(=O)N2CCC(Oc3cc(C#N)ccn3)C2)cc1. The van der Waals surface area contributed by atoms with Crippen molar-refractivity contribution < 1.29 is 9.53 Å². The van der Waals surface area contributed by atoms with Crippen molar-refractivity contribution in [3.63, 3.8) is 0 Å². The van der Waals surface area contributed by atoms with Crippen LogP contribution in [-0.2, 0) is 11.2 Å². The highest BCUT2D eigenvalue weighted by molar-refractivity contribution is 5.79. The first-order chi connectivity index (χ1) is 12.5. The molecule has 134 valence electrons. The van der Waals surface area contributed by atoms with E-state index in [-0.39, 0.29) is 12.0 Å². The monoisotopic (exact) mass is 349 g/mol. The zero-order chi connectivity index (χ0) is 18.5. The van der Waals surface area contributed by atoms with Gasteiger partial charge in [0, 0.05) is 25.2 Å². The van der Waals surface area contributed by atoms with Gasteiger partial charge >= 0.3 is 0 Å². The van der Waals surface area contributed by atoms with Gasteiger partial charge in [-0.25, -0.2) is 4.98 Å². The van der Waals surface area contributed by atoms with Crippen LogP contribution in [0.4, 0.5) is 0 Å². The molecule has 2 aromatic rings. The lowest BCUT2D eigenvalue weighted by molar-refractivity contribution is -0.129. The van der Waals surface area contributed by atoms with Gasteiger partial charge in [0.2, 0.25) is 11.8 Å². The third kappa shape index (κ3) is 4.40. The van der Waals surface area contributed by atoms with Crippen LogP contribution in [-0.4, -0.2) is 35.0 Å². The number of amides is 1. The van der Waals surface area contributed by atoms with Crippen LogP contribution in [0.2, 0.25) is 0 Å². The normalized spacial score (nSPS) is 16.5. The summed E-state index contributed by atoms with van der Waals surface area (Å²) in [5, 5.41) is 8.94. The van der Waals surface area contributed by atoms with Crippen LogP contribution < -0.4 is 4.74 Å². The predicted octanol–water partition coefficient (Wildman–Crippen LogP) is 3.30. The van der Waals surface area contributed by atoms with Crippen molar-refractivity contribution in [2.45, 2.75) is 38.7 Å². The average molecular weight is 349 g/mol. The van der Waals surface area contributed by atoms with Crippen LogP contribution >= 0.6 is 0 Å². The highest BCUT2D eigenvalue weighted by Crippen LogP contribution is 2.19. The number of nitriles is 1. The van der Waals surface area contributed by atoms with Crippen LogP contribution in [0.3, 0.4) is 0 Å². The second kappa shape index (κ2) is 8.01. The van der Waals surface area contributed by atoms with Crippen molar-refractivity contribution >= 4 is 5.91 Å². The minimum Gasteiger partial charge on any atom is -0.472 e. The van der Waals surface area contributed by atoms with E-state index >= 15 is 0 Å². The summed E-state index contributed by atoms with van der Waals surface area (Å²) in [7, 11) is 0. The Kier molecular flexibility index (Phi) is 5.52. The minimum atomic E-state index is -0.0799. The van der Waals surface area contributed by atoms with Crippen molar-refractivity contribution in [3.05, 3.63) is 59.3 Å². The van der Waals surface area contributed by atoms with E-state index in [9.17, 15) is 4.79 Å². The van der Waals surface area contributed by atoms with E-state index in [0.717, 1.165) is 12.0 Å². The Bertz CT molecular complexity index is 809. The van der Waals surface area contributed by atoms with Crippen LogP contribution in [0.15, 0.2) is 42.6 Å². The van der Waals surface area contributed by atoms with Gasteiger partial charge in [-0.15, -0.1) is 0 Å². The molecule has 0 N–H and O–H groups in total. The summed E-state index contributed by atoms with van der Waals surface area (Å²) in [6, 6.07) is 13.6. The average Bonchev–Trinajstić information content (AvgIpc) is 3.11. The Morgan fingerprint density at radius 1 is 1.35 bits per heavy atom. The molecule has 0 saturated carbocycles. The second-order valence-corrected chi connectivity index (χ2v) is 6.94. The molecule has 3 rings (SSSR count). The van der Waals surface area contributed by atoms with Gasteiger partial charge in [-0.1, -0.05) is 38.1 Å². The van der Waals surface area contributed by atoms with Crippen LogP contribution in [0, 0.1) is 11.3 Å². The maximum atomic E-state index is 12.5. The number of carbonyl (C=O) groups excluding carboxylic acids is 1. The van der Waals surface area contributed by atoms with Crippen molar-refractivity contribution in [2.75, 3.05) is 13.1 Å². The summed E-state index contributed by atoms with van der Waals surface area (Å²) in [6.45, 7) is 5.56. The molecule has 1 atom stereocenters. The number of nitrogens with zero attached hydrogens (tertiary/aromatic N) is 3. The third-order valence-corrected chi connectivity index (χ3v) is 4.65. The summed E-state index contributed by atoms with van der Waals surface area (Å²) in [5.41, 5.74) is 2.83. The minimum absolute atomic E-state index is 0.0799. The molecule has 1 unspecified atom stereocenters. The molecule has 1 amide bonds. The Hall–Kier alpha value is -2.87. The van der Waals surface area contributed by atoms with E-state index in [2.05, 4.69) is 37.0 Å². The summed E-state index contributed by atoms with van der Waals surface area (Å²) in [4.78, 5) is 18.5. The molecule has 1 aromatic heterocycles. The Balaban J connectivity index is 1.54. The molecular formula is C21H23N3O2. The first-order valence-corrected chi connectivity index (χ1v) is 8.94. The van der Waals surface area contributed by atoms with Crippen molar-refractivity contribution in [1.82, 2.24) is 9.88 Å². The van der Waals surface area contributed by atoms with Crippen LogP contribution in [0.5, 0.6) is 5.88 Å². The quantitative estimate of drug-likeness (QED) is 0.831. The van der Waals surface area contributed by atoms with E-state index in [1.807, 2.05) is 17.0 Å². The topological polar surface area (TPSA) is 66.2 Å². The fourth-order valence-corrected chi connectivity index (χ4v) is 3.07. The predicted molar refractivity (Wildman–Crippen MR) is 98.8 cm³/mol. The molecule has 0 spiro atoms. The van der Waals surface area contributed by atoms with E-state index in [0.29, 0.717) is 36.9 Å². The van der Waals surface area contributed by atoms with Crippen LogP contribution in [0.1, 0.15) is 42.9 Å². The number of aromatic nitrogens is 1. The molecule has 26 heavy (non-hydrogen) atoms. The fraction of sp³-hybridized carbons (Fsp3) is 0.381. The van der Waals surface area contributed by atoms with Crippen molar-refractivity contribution in [1.29, 1.82) is 5.26 Å². The summed E-state index contributed by atoms with van der Waals surface area (Å²) in [6.07, 6.45) is 2.67. The summed E-state index contributed by atoms with van der Waals surface area (Å²) < 4.78 is 5.83. The molecular weight excluding hydrogens is 326 g/mol. The van der Waals surface area contributed by atoms with Gasteiger partial charge in [-0.3, -0.25) is 4.79 Å². The molecule has 1 saturated heterocycles. The summed E-state index contributed by atoms with van der Waals surface area (Å²) in [5.74, 6) is 1.05. The molecule has 5 heteroatoms. The lowest BCUT2D eigenvalue weighted by Crippen LogP contribution is -2.32. The molecule has 1 aromatic carbocycles. The standard InChI is InChI=1S/C21H23N3O2/c1-15(2)18-5-3-16(4-6-18)12-21(25)24-10-8-19(14-24)26-20-11-17(13-22)7-9-23-20/h3-7,9,11,15,19H,8,10,12,14H2,1-2H3. The lowest BCUT2D eigenvalue weighted by Gasteiger charge is -2.17. The smallest absolute Gasteiger partial charge is 0.227 e. The molecule has 0 bridgehead atoms. The molecule has 5 nitrogen and oxygen atoms in total. The zero-order valence-electron chi connectivity index (χ0n) is 15.2. The molecule has 1 fully saturated rings. The Morgan fingerprint density at radius 2 is 2.12 bits per heavy atom. The highest BCUT2D eigenvalue weighted by Gasteiger charge is 2.27. The number of pyridine rings is 1. The van der Waals surface area contributed by atoms with Crippen molar-refractivity contribution in [3.8, 4) is 11.9 Å². The van der Waals surface area contributed by atoms with Gasteiger partial charge in [-0.2, -0.15) is 5.26 Å². The van der Waals surface area contributed by atoms with Crippen molar-refractivity contribution in [2.24, 2.45) is 0 Å². The molecule has 2 heterocycles. The third-order valence-electron chi connectivity index (χ3n) is 4.65. The number of ether oxygens (including phenoxy) is 1. The van der Waals surface area contributed by atoms with E-state index in [4.69, 9.17) is 10.00 Å². The number of benzene rings is 1. The van der Waals surface area contributed by atoms with E-state index < -0.39 is 0 Å². The molecule has 1 aliphatic heterocycles. The fourth-order valence-electron chi connectivity index (χ4n) is 3.07. The number of rotatable bonds is 5. The molecule has 0 aliphatic carbocycles.